The van der Waals surface area contributed by atoms with Crippen LogP contribution >= 0.6 is 0 Å². The first-order chi connectivity index (χ1) is 11.8. The van der Waals surface area contributed by atoms with Gasteiger partial charge in [0.05, 0.1) is 11.7 Å². The third-order valence-corrected chi connectivity index (χ3v) is 4.55. The van der Waals surface area contributed by atoms with Gasteiger partial charge in [-0.2, -0.15) is 0 Å². The summed E-state index contributed by atoms with van der Waals surface area (Å²) in [5.41, 5.74) is 2.12. The predicted molar refractivity (Wildman–Crippen MR) is 91.3 cm³/mol. The van der Waals surface area contributed by atoms with Crippen LogP contribution in [0, 0.1) is 0 Å². The summed E-state index contributed by atoms with van der Waals surface area (Å²) in [6.45, 7) is 3.00. The molecule has 2 aromatic rings. The third-order valence-electron chi connectivity index (χ3n) is 4.55. The number of rotatable bonds is 2. The van der Waals surface area contributed by atoms with Crippen LogP contribution < -0.4 is 9.64 Å². The average molecular weight is 324 g/mol. The summed E-state index contributed by atoms with van der Waals surface area (Å²) in [6, 6.07) is 18.0. The van der Waals surface area contributed by atoms with Crippen LogP contribution in [0.15, 0.2) is 54.6 Å². The zero-order chi connectivity index (χ0) is 16.4. The third kappa shape index (κ3) is 2.89. The lowest BCUT2D eigenvalue weighted by Crippen LogP contribution is -2.58. The lowest BCUT2D eigenvalue weighted by atomic mass is 10.1. The smallest absolute Gasteiger partial charge is 0.410 e. The minimum absolute atomic E-state index is 0.179. The summed E-state index contributed by atoms with van der Waals surface area (Å²) in [5, 5.41) is 0. The van der Waals surface area contributed by atoms with Crippen molar-refractivity contribution in [2.45, 2.75) is 12.6 Å². The number of para-hydroxylation sites is 2. The summed E-state index contributed by atoms with van der Waals surface area (Å²) < 4.78 is 11.3. The average Bonchev–Trinajstić information content (AvgIpc) is 2.66. The molecule has 1 atom stereocenters. The van der Waals surface area contributed by atoms with Crippen LogP contribution in [0.3, 0.4) is 0 Å². The highest BCUT2D eigenvalue weighted by molar-refractivity contribution is 5.69. The number of carbonyl (C=O) groups is 1. The lowest BCUT2D eigenvalue weighted by molar-refractivity contribution is 0.0830. The number of carbonyl (C=O) groups excluding carboxylic acids is 1. The molecule has 2 aromatic carbocycles. The van der Waals surface area contributed by atoms with E-state index in [1.165, 1.54) is 0 Å². The van der Waals surface area contributed by atoms with Gasteiger partial charge < -0.3 is 19.3 Å². The van der Waals surface area contributed by atoms with E-state index >= 15 is 0 Å². The molecule has 124 valence electrons. The second kappa shape index (κ2) is 6.43. The van der Waals surface area contributed by atoms with Crippen molar-refractivity contribution in [1.29, 1.82) is 0 Å². The van der Waals surface area contributed by atoms with Crippen molar-refractivity contribution >= 4 is 11.8 Å². The van der Waals surface area contributed by atoms with E-state index in [4.69, 9.17) is 9.47 Å². The van der Waals surface area contributed by atoms with Gasteiger partial charge in [0.15, 0.2) is 0 Å². The number of hydrogen-bond acceptors (Lipinski definition) is 4. The summed E-state index contributed by atoms with van der Waals surface area (Å²) >= 11 is 0. The van der Waals surface area contributed by atoms with Gasteiger partial charge in [-0.15, -0.1) is 0 Å². The molecule has 2 aliphatic rings. The van der Waals surface area contributed by atoms with E-state index in [0.29, 0.717) is 26.3 Å². The predicted octanol–water partition coefficient (Wildman–Crippen LogP) is 2.91. The Morgan fingerprint density at radius 2 is 1.88 bits per heavy atom. The van der Waals surface area contributed by atoms with E-state index in [2.05, 4.69) is 11.0 Å². The number of hydrogen-bond donors (Lipinski definition) is 0. The van der Waals surface area contributed by atoms with E-state index in [0.717, 1.165) is 23.5 Å². The Hall–Kier alpha value is -2.69. The number of nitrogens with zero attached hydrogens (tertiary/aromatic N) is 2. The number of piperazine rings is 1. The Bertz CT molecular complexity index is 720. The highest BCUT2D eigenvalue weighted by atomic mass is 16.6. The first-order valence-corrected chi connectivity index (χ1v) is 8.25. The van der Waals surface area contributed by atoms with Crippen LogP contribution in [0.4, 0.5) is 10.5 Å². The molecule has 1 saturated heterocycles. The topological polar surface area (TPSA) is 42.0 Å². The highest BCUT2D eigenvalue weighted by Gasteiger charge is 2.34. The van der Waals surface area contributed by atoms with Crippen molar-refractivity contribution in [3.8, 4) is 5.75 Å². The first kappa shape index (κ1) is 14.9. The maximum atomic E-state index is 12.3. The monoisotopic (exact) mass is 324 g/mol. The minimum Gasteiger partial charge on any atom is -0.489 e. The SMILES string of the molecule is O=C(OCc1ccccc1)N1CCN2c3ccccc3OCC2C1. The Labute approximate surface area is 141 Å². The molecule has 0 aromatic heterocycles. The summed E-state index contributed by atoms with van der Waals surface area (Å²) in [4.78, 5) is 16.4. The summed E-state index contributed by atoms with van der Waals surface area (Å²) in [7, 11) is 0. The highest BCUT2D eigenvalue weighted by Crippen LogP contribution is 2.34. The van der Waals surface area contributed by atoms with Crippen molar-refractivity contribution in [1.82, 2.24) is 4.90 Å². The number of ether oxygens (including phenoxy) is 2. The van der Waals surface area contributed by atoms with Gasteiger partial charge >= 0.3 is 6.09 Å². The Kier molecular flexibility index (Phi) is 3.99. The van der Waals surface area contributed by atoms with E-state index in [1.54, 1.807) is 4.90 Å². The van der Waals surface area contributed by atoms with E-state index in [9.17, 15) is 4.79 Å². The van der Waals surface area contributed by atoms with Crippen molar-refractivity contribution in [2.24, 2.45) is 0 Å². The molecule has 0 aliphatic carbocycles. The molecule has 5 nitrogen and oxygen atoms in total. The molecule has 24 heavy (non-hydrogen) atoms. The molecule has 0 N–H and O–H groups in total. The van der Waals surface area contributed by atoms with Crippen LogP contribution in [0.1, 0.15) is 5.56 Å². The largest absolute Gasteiger partial charge is 0.489 e. The second-order valence-electron chi connectivity index (χ2n) is 6.11. The van der Waals surface area contributed by atoms with E-state index < -0.39 is 0 Å². The Morgan fingerprint density at radius 3 is 2.75 bits per heavy atom. The fraction of sp³-hybridized carbons (Fsp3) is 0.316. The molecular formula is C19H20N2O3. The molecule has 1 amide bonds. The van der Waals surface area contributed by atoms with Crippen LogP contribution in [0.2, 0.25) is 0 Å². The van der Waals surface area contributed by atoms with Crippen LogP contribution in [-0.2, 0) is 11.3 Å². The van der Waals surface area contributed by atoms with Gasteiger partial charge in [-0.05, 0) is 17.7 Å². The number of amides is 1. The molecule has 0 radical (unpaired) electrons. The molecule has 0 spiro atoms. The fourth-order valence-corrected chi connectivity index (χ4v) is 3.29. The Morgan fingerprint density at radius 1 is 1.08 bits per heavy atom. The normalized spacial score (nSPS) is 19.1. The molecular weight excluding hydrogens is 304 g/mol. The minimum atomic E-state index is -0.252. The van der Waals surface area contributed by atoms with Gasteiger partial charge in [-0.25, -0.2) is 4.79 Å². The molecule has 4 rings (SSSR count). The molecule has 1 unspecified atom stereocenters. The van der Waals surface area contributed by atoms with Gasteiger partial charge in [0.1, 0.15) is 19.0 Å². The van der Waals surface area contributed by atoms with Gasteiger partial charge in [-0.3, -0.25) is 0 Å². The first-order valence-electron chi connectivity index (χ1n) is 8.25. The standard InChI is InChI=1S/C19H20N2O3/c22-19(24-13-15-6-2-1-3-7-15)20-10-11-21-16(12-20)14-23-18-9-5-4-8-17(18)21/h1-9,16H,10-14H2. The molecule has 0 saturated carbocycles. The summed E-state index contributed by atoms with van der Waals surface area (Å²) in [5.74, 6) is 0.925. The van der Waals surface area contributed by atoms with E-state index in [-0.39, 0.29) is 12.1 Å². The Balaban J connectivity index is 1.38. The van der Waals surface area contributed by atoms with Crippen LogP contribution in [0.25, 0.3) is 0 Å². The molecule has 0 bridgehead atoms. The molecule has 5 heteroatoms. The fourth-order valence-electron chi connectivity index (χ4n) is 3.29. The van der Waals surface area contributed by atoms with Crippen LogP contribution in [0.5, 0.6) is 5.75 Å². The van der Waals surface area contributed by atoms with Crippen molar-refractivity contribution in [2.75, 3.05) is 31.1 Å². The number of benzene rings is 2. The summed E-state index contributed by atoms with van der Waals surface area (Å²) in [6.07, 6.45) is -0.252. The molecule has 2 heterocycles. The number of fused-ring (bicyclic) bond motifs is 3. The van der Waals surface area contributed by atoms with Crippen molar-refractivity contribution in [3.63, 3.8) is 0 Å². The van der Waals surface area contributed by atoms with Gasteiger partial charge in [0.25, 0.3) is 0 Å². The molecule has 1 fully saturated rings. The maximum absolute atomic E-state index is 12.3. The van der Waals surface area contributed by atoms with Crippen LogP contribution in [-0.4, -0.2) is 43.3 Å². The van der Waals surface area contributed by atoms with Gasteiger partial charge in [0.2, 0.25) is 0 Å². The van der Waals surface area contributed by atoms with Crippen molar-refractivity contribution < 1.29 is 14.3 Å². The quantitative estimate of drug-likeness (QED) is 0.852. The zero-order valence-electron chi connectivity index (χ0n) is 13.4. The van der Waals surface area contributed by atoms with Gasteiger partial charge in [-0.1, -0.05) is 42.5 Å². The van der Waals surface area contributed by atoms with Gasteiger partial charge in [0, 0.05) is 19.6 Å². The lowest BCUT2D eigenvalue weighted by Gasteiger charge is -2.45. The van der Waals surface area contributed by atoms with E-state index in [1.807, 2.05) is 48.5 Å². The second-order valence-corrected chi connectivity index (χ2v) is 6.11. The zero-order valence-corrected chi connectivity index (χ0v) is 13.4. The maximum Gasteiger partial charge on any atom is 0.410 e. The molecule has 2 aliphatic heterocycles. The number of anilines is 1. The van der Waals surface area contributed by atoms with Crippen molar-refractivity contribution in [3.05, 3.63) is 60.2 Å².